The molecule has 340 valence electrons. The highest BCUT2D eigenvalue weighted by atomic mass is 16.3. The van der Waals surface area contributed by atoms with E-state index in [0.29, 0.717) is 0 Å². The molecule has 0 unspecified atom stereocenters. The van der Waals surface area contributed by atoms with E-state index in [9.17, 15) is 0 Å². The summed E-state index contributed by atoms with van der Waals surface area (Å²) in [4.78, 5) is 4.65. The van der Waals surface area contributed by atoms with Crippen molar-refractivity contribution in [1.82, 2.24) is 0 Å². The Hall–Kier alpha value is -8.34. The number of benzene rings is 10. The van der Waals surface area contributed by atoms with Gasteiger partial charge in [-0.15, -0.1) is 0 Å². The molecule has 70 heavy (non-hydrogen) atoms. The van der Waals surface area contributed by atoms with Crippen molar-refractivity contribution in [1.29, 1.82) is 0 Å². The van der Waals surface area contributed by atoms with Crippen LogP contribution in [0, 0.1) is 0 Å². The summed E-state index contributed by atoms with van der Waals surface area (Å²) in [6, 6.07) is 78.7. The van der Waals surface area contributed by atoms with Crippen molar-refractivity contribution >= 4 is 88.8 Å². The van der Waals surface area contributed by atoms with Gasteiger partial charge in [0.2, 0.25) is 0 Å². The molecule has 4 heteroatoms. The summed E-state index contributed by atoms with van der Waals surface area (Å²) in [5.41, 5.74) is 17.2. The van der Waals surface area contributed by atoms with Gasteiger partial charge in [-0.3, -0.25) is 0 Å². The summed E-state index contributed by atoms with van der Waals surface area (Å²) in [5, 5.41) is 6.50. The molecular formula is C66H54N2O2. The Morgan fingerprint density at radius 3 is 1.09 bits per heavy atom. The molecule has 2 aromatic heterocycles. The van der Waals surface area contributed by atoms with Crippen LogP contribution >= 0.6 is 0 Å². The molecule has 0 amide bonds. The number of rotatable bonds is 8. The number of furan rings is 2. The molecule has 0 N–H and O–H groups in total. The van der Waals surface area contributed by atoms with Crippen molar-refractivity contribution in [3.63, 3.8) is 0 Å². The standard InChI is InChI=1S/C66H54N2O2/c1-65(2,3)49-22-28-52(29-23-49)67(51-26-20-45(21-27-51)43-14-9-7-10-15-43)55-32-34-57-59-37-47-40-62-60(38-48(47)39-61(59)69-63(57)41-55)58-35-33-56(42-64(58)70-62)68(53-30-24-50(25-31-53)66(4,5)6)54-19-13-18-46(36-54)44-16-11-8-12-17-44/h7-42H,1-6H3. The van der Waals surface area contributed by atoms with E-state index in [2.05, 4.69) is 270 Å². The van der Waals surface area contributed by atoms with E-state index in [1.54, 1.807) is 0 Å². The van der Waals surface area contributed by atoms with Crippen LogP contribution in [0.1, 0.15) is 52.7 Å². The Labute approximate surface area is 409 Å². The van der Waals surface area contributed by atoms with Gasteiger partial charge < -0.3 is 18.6 Å². The second-order valence-electron chi connectivity index (χ2n) is 20.7. The van der Waals surface area contributed by atoms with Crippen LogP contribution < -0.4 is 9.80 Å². The summed E-state index contributed by atoms with van der Waals surface area (Å²) in [7, 11) is 0. The first-order valence-corrected chi connectivity index (χ1v) is 24.3. The second kappa shape index (κ2) is 16.7. The Morgan fingerprint density at radius 1 is 0.271 bits per heavy atom. The first kappa shape index (κ1) is 43.0. The van der Waals surface area contributed by atoms with E-state index in [1.165, 1.54) is 33.4 Å². The first-order valence-electron chi connectivity index (χ1n) is 24.3. The number of hydrogen-bond acceptors (Lipinski definition) is 4. The minimum absolute atomic E-state index is 0.0470. The van der Waals surface area contributed by atoms with Gasteiger partial charge in [0.1, 0.15) is 22.3 Å². The average Bonchev–Trinajstić information content (AvgIpc) is 3.91. The number of anilines is 6. The molecule has 0 saturated carbocycles. The molecule has 0 saturated heterocycles. The lowest BCUT2D eigenvalue weighted by Gasteiger charge is -2.27. The molecular weight excluding hydrogens is 853 g/mol. The van der Waals surface area contributed by atoms with Gasteiger partial charge in [-0.1, -0.05) is 151 Å². The maximum atomic E-state index is 6.79. The van der Waals surface area contributed by atoms with Crippen LogP contribution in [0.2, 0.25) is 0 Å². The van der Waals surface area contributed by atoms with E-state index >= 15 is 0 Å². The molecule has 10 aromatic carbocycles. The molecule has 12 rings (SSSR count). The highest BCUT2D eigenvalue weighted by Gasteiger charge is 2.22. The number of nitrogens with zero attached hydrogens (tertiary/aromatic N) is 2. The zero-order chi connectivity index (χ0) is 47.7. The molecule has 0 spiro atoms. The Morgan fingerprint density at radius 2 is 0.629 bits per heavy atom. The smallest absolute Gasteiger partial charge is 0.137 e. The van der Waals surface area contributed by atoms with Crippen LogP contribution in [0.25, 0.3) is 76.9 Å². The predicted molar refractivity (Wildman–Crippen MR) is 296 cm³/mol. The third kappa shape index (κ3) is 7.86. The zero-order valence-electron chi connectivity index (χ0n) is 40.5. The van der Waals surface area contributed by atoms with Crippen LogP contribution in [-0.2, 0) is 10.8 Å². The predicted octanol–water partition coefficient (Wildman–Crippen LogP) is 19.5. The molecule has 0 aliphatic carbocycles. The van der Waals surface area contributed by atoms with Gasteiger partial charge in [-0.25, -0.2) is 0 Å². The van der Waals surface area contributed by atoms with Crippen LogP contribution in [0.5, 0.6) is 0 Å². The van der Waals surface area contributed by atoms with Gasteiger partial charge in [0.15, 0.2) is 0 Å². The van der Waals surface area contributed by atoms with E-state index in [4.69, 9.17) is 8.83 Å². The normalized spacial score (nSPS) is 12.1. The number of hydrogen-bond donors (Lipinski definition) is 0. The van der Waals surface area contributed by atoms with Gasteiger partial charge in [0, 0.05) is 67.8 Å². The lowest BCUT2D eigenvalue weighted by Crippen LogP contribution is -2.13. The lowest BCUT2D eigenvalue weighted by atomic mass is 9.87. The van der Waals surface area contributed by atoms with E-state index in [1.807, 2.05) is 0 Å². The van der Waals surface area contributed by atoms with Gasteiger partial charge in [0.25, 0.3) is 0 Å². The molecule has 0 aliphatic heterocycles. The summed E-state index contributed by atoms with van der Waals surface area (Å²) >= 11 is 0. The fourth-order valence-electron chi connectivity index (χ4n) is 10.1. The first-order chi connectivity index (χ1) is 33.9. The fraction of sp³-hybridized carbons (Fsp3) is 0.121. The van der Waals surface area contributed by atoms with Crippen LogP contribution in [0.4, 0.5) is 34.1 Å². The maximum Gasteiger partial charge on any atom is 0.137 e. The van der Waals surface area contributed by atoms with E-state index in [-0.39, 0.29) is 10.8 Å². The maximum absolute atomic E-state index is 6.79. The third-order valence-corrected chi connectivity index (χ3v) is 13.9. The monoisotopic (exact) mass is 906 g/mol. The minimum Gasteiger partial charge on any atom is -0.456 e. The van der Waals surface area contributed by atoms with Crippen LogP contribution in [0.3, 0.4) is 0 Å². The topological polar surface area (TPSA) is 32.8 Å². The summed E-state index contributed by atoms with van der Waals surface area (Å²) < 4.78 is 13.6. The molecule has 4 nitrogen and oxygen atoms in total. The van der Waals surface area contributed by atoms with Gasteiger partial charge in [-0.2, -0.15) is 0 Å². The SMILES string of the molecule is CC(C)(C)c1ccc(N(c2ccc(-c3ccccc3)cc2)c2ccc3c(c2)oc2cc4cc5c(cc4cc23)oc2cc(N(c3ccc(C(C)(C)C)cc3)c3cccc(-c4ccccc4)c3)ccc25)cc1. The van der Waals surface area contributed by atoms with Crippen molar-refractivity contribution < 1.29 is 8.83 Å². The minimum atomic E-state index is 0.0470. The molecule has 2 heterocycles. The highest BCUT2D eigenvalue weighted by Crippen LogP contribution is 2.44. The van der Waals surface area contributed by atoms with Crippen molar-refractivity contribution in [2.75, 3.05) is 9.80 Å². The highest BCUT2D eigenvalue weighted by molar-refractivity contribution is 6.15. The molecule has 0 atom stereocenters. The van der Waals surface area contributed by atoms with Crippen molar-refractivity contribution in [3.8, 4) is 22.3 Å². The van der Waals surface area contributed by atoms with Gasteiger partial charge in [-0.05, 0) is 152 Å². The Kier molecular flexibility index (Phi) is 10.3. The Balaban J connectivity index is 0.924. The molecule has 0 aliphatic rings. The quantitative estimate of drug-likeness (QED) is 0.152. The molecule has 0 fully saturated rings. The van der Waals surface area contributed by atoms with Crippen molar-refractivity contribution in [2.24, 2.45) is 0 Å². The van der Waals surface area contributed by atoms with Crippen LogP contribution in [-0.4, -0.2) is 0 Å². The summed E-state index contributed by atoms with van der Waals surface area (Å²) in [6.07, 6.45) is 0. The number of fused-ring (bicyclic) bond motifs is 7. The largest absolute Gasteiger partial charge is 0.456 e. The summed E-state index contributed by atoms with van der Waals surface area (Å²) in [5.74, 6) is 0. The van der Waals surface area contributed by atoms with Gasteiger partial charge in [0.05, 0.1) is 0 Å². The van der Waals surface area contributed by atoms with E-state index < -0.39 is 0 Å². The zero-order valence-corrected chi connectivity index (χ0v) is 40.5. The lowest BCUT2D eigenvalue weighted by molar-refractivity contribution is 0.590. The van der Waals surface area contributed by atoms with Crippen LogP contribution in [0.15, 0.2) is 227 Å². The molecule has 12 aromatic rings. The Bertz CT molecular complexity index is 3870. The fourth-order valence-corrected chi connectivity index (χ4v) is 10.1. The van der Waals surface area contributed by atoms with E-state index in [0.717, 1.165) is 88.8 Å². The molecule has 0 radical (unpaired) electrons. The summed E-state index contributed by atoms with van der Waals surface area (Å²) in [6.45, 7) is 13.5. The van der Waals surface area contributed by atoms with Gasteiger partial charge >= 0.3 is 0 Å². The van der Waals surface area contributed by atoms with Crippen molar-refractivity contribution in [2.45, 2.75) is 52.4 Å². The third-order valence-electron chi connectivity index (χ3n) is 13.9. The van der Waals surface area contributed by atoms with Crippen molar-refractivity contribution in [3.05, 3.63) is 230 Å². The average molecular weight is 907 g/mol. The molecule has 0 bridgehead atoms. The second-order valence-corrected chi connectivity index (χ2v) is 20.7.